The van der Waals surface area contributed by atoms with Crippen molar-refractivity contribution in [3.8, 4) is 0 Å². The standard InChI is InChI=1S/C12H22N4/c1-4-11-9-12(15-10-14-11)13-7-8-16(5-2)6-3/h9-10H,4-8H2,1-3H3,(H,13,14,15). The maximum atomic E-state index is 4.20. The van der Waals surface area contributed by atoms with E-state index >= 15 is 0 Å². The zero-order chi connectivity index (χ0) is 11.8. The highest BCUT2D eigenvalue weighted by Crippen LogP contribution is 2.03. The smallest absolute Gasteiger partial charge is 0.129 e. The van der Waals surface area contributed by atoms with E-state index in [1.807, 2.05) is 6.07 Å². The first-order valence-corrected chi connectivity index (χ1v) is 6.07. The van der Waals surface area contributed by atoms with E-state index in [0.717, 1.165) is 44.1 Å². The molecule has 0 aromatic carbocycles. The molecule has 1 N–H and O–H groups in total. The molecule has 0 radical (unpaired) electrons. The highest BCUT2D eigenvalue weighted by atomic mass is 15.1. The summed E-state index contributed by atoms with van der Waals surface area (Å²) in [5.74, 6) is 0.930. The summed E-state index contributed by atoms with van der Waals surface area (Å²) in [7, 11) is 0. The summed E-state index contributed by atoms with van der Waals surface area (Å²) in [4.78, 5) is 10.8. The van der Waals surface area contributed by atoms with Crippen LogP contribution in [-0.4, -0.2) is 41.0 Å². The number of aryl methyl sites for hydroxylation is 1. The second kappa shape index (κ2) is 7.17. The SMILES string of the molecule is CCc1cc(NCCN(CC)CC)ncn1. The fourth-order valence-corrected chi connectivity index (χ4v) is 1.57. The third-order valence-corrected chi connectivity index (χ3v) is 2.71. The van der Waals surface area contributed by atoms with E-state index in [-0.39, 0.29) is 0 Å². The van der Waals surface area contributed by atoms with Gasteiger partial charge in [0.2, 0.25) is 0 Å². The molecular weight excluding hydrogens is 200 g/mol. The van der Waals surface area contributed by atoms with E-state index < -0.39 is 0 Å². The number of aromatic nitrogens is 2. The molecule has 4 heteroatoms. The Morgan fingerprint density at radius 1 is 1.19 bits per heavy atom. The average Bonchev–Trinajstić information content (AvgIpc) is 2.35. The minimum absolute atomic E-state index is 0.930. The molecule has 90 valence electrons. The molecule has 0 aliphatic rings. The summed E-state index contributed by atoms with van der Waals surface area (Å²) in [5, 5.41) is 3.33. The summed E-state index contributed by atoms with van der Waals surface area (Å²) in [6.07, 6.45) is 2.58. The molecule has 0 fully saturated rings. The first-order chi connectivity index (χ1) is 7.80. The minimum atomic E-state index is 0.930. The van der Waals surface area contributed by atoms with Crippen LogP contribution in [0, 0.1) is 0 Å². The van der Waals surface area contributed by atoms with Crippen molar-refractivity contribution in [3.63, 3.8) is 0 Å². The van der Waals surface area contributed by atoms with Crippen LogP contribution in [0.25, 0.3) is 0 Å². The summed E-state index contributed by atoms with van der Waals surface area (Å²) in [6, 6.07) is 2.02. The Balaban J connectivity index is 2.36. The Morgan fingerprint density at radius 2 is 1.94 bits per heavy atom. The van der Waals surface area contributed by atoms with Crippen molar-refractivity contribution in [1.29, 1.82) is 0 Å². The van der Waals surface area contributed by atoms with E-state index in [9.17, 15) is 0 Å². The summed E-state index contributed by atoms with van der Waals surface area (Å²) < 4.78 is 0. The molecule has 0 unspecified atom stereocenters. The first-order valence-electron chi connectivity index (χ1n) is 6.07. The molecule has 1 aromatic heterocycles. The lowest BCUT2D eigenvalue weighted by molar-refractivity contribution is 0.316. The van der Waals surface area contributed by atoms with E-state index in [4.69, 9.17) is 0 Å². The third-order valence-electron chi connectivity index (χ3n) is 2.71. The van der Waals surface area contributed by atoms with Crippen molar-refractivity contribution >= 4 is 5.82 Å². The molecule has 1 heterocycles. The van der Waals surface area contributed by atoms with E-state index in [0.29, 0.717) is 0 Å². The molecular formula is C12H22N4. The molecule has 0 bridgehead atoms. The van der Waals surface area contributed by atoms with Crippen LogP contribution >= 0.6 is 0 Å². The normalized spacial score (nSPS) is 10.8. The molecule has 1 aromatic rings. The molecule has 0 amide bonds. The van der Waals surface area contributed by atoms with Crippen LogP contribution < -0.4 is 5.32 Å². The maximum absolute atomic E-state index is 4.20. The van der Waals surface area contributed by atoms with E-state index in [2.05, 4.69) is 41.0 Å². The van der Waals surface area contributed by atoms with Crippen LogP contribution in [0.1, 0.15) is 26.5 Å². The van der Waals surface area contributed by atoms with E-state index in [1.54, 1.807) is 6.33 Å². The quantitative estimate of drug-likeness (QED) is 0.763. The van der Waals surface area contributed by atoms with Crippen molar-refractivity contribution in [1.82, 2.24) is 14.9 Å². The van der Waals surface area contributed by atoms with E-state index in [1.165, 1.54) is 0 Å². The molecule has 0 saturated carbocycles. The molecule has 0 aliphatic carbocycles. The van der Waals surface area contributed by atoms with Gasteiger partial charge in [0.15, 0.2) is 0 Å². The molecule has 0 saturated heterocycles. The highest BCUT2D eigenvalue weighted by molar-refractivity contribution is 5.34. The Labute approximate surface area is 98.1 Å². The van der Waals surface area contributed by atoms with Crippen LogP contribution in [0.5, 0.6) is 0 Å². The lowest BCUT2D eigenvalue weighted by Crippen LogP contribution is -2.28. The van der Waals surface area contributed by atoms with Gasteiger partial charge in [-0.1, -0.05) is 20.8 Å². The van der Waals surface area contributed by atoms with Gasteiger partial charge in [0, 0.05) is 24.8 Å². The molecule has 0 aliphatic heterocycles. The van der Waals surface area contributed by atoms with Crippen molar-refractivity contribution in [2.75, 3.05) is 31.5 Å². The molecule has 4 nitrogen and oxygen atoms in total. The summed E-state index contributed by atoms with van der Waals surface area (Å²) in [5.41, 5.74) is 1.08. The number of nitrogens with zero attached hydrogens (tertiary/aromatic N) is 3. The monoisotopic (exact) mass is 222 g/mol. The predicted octanol–water partition coefficient (Wildman–Crippen LogP) is 1.79. The molecule has 0 spiro atoms. The van der Waals surface area contributed by atoms with Gasteiger partial charge >= 0.3 is 0 Å². The zero-order valence-electron chi connectivity index (χ0n) is 10.5. The number of hydrogen-bond donors (Lipinski definition) is 1. The largest absolute Gasteiger partial charge is 0.369 e. The number of likely N-dealkylation sites (N-methyl/N-ethyl adjacent to an activating group) is 1. The highest BCUT2D eigenvalue weighted by Gasteiger charge is 1.99. The fourth-order valence-electron chi connectivity index (χ4n) is 1.57. The predicted molar refractivity (Wildman–Crippen MR) is 67.7 cm³/mol. The van der Waals surface area contributed by atoms with Gasteiger partial charge in [-0.2, -0.15) is 0 Å². The maximum Gasteiger partial charge on any atom is 0.129 e. The Bertz CT molecular complexity index is 297. The van der Waals surface area contributed by atoms with Crippen LogP contribution in [0.4, 0.5) is 5.82 Å². The van der Waals surface area contributed by atoms with Crippen LogP contribution in [0.2, 0.25) is 0 Å². The number of nitrogens with one attached hydrogen (secondary N) is 1. The average molecular weight is 222 g/mol. The lowest BCUT2D eigenvalue weighted by atomic mass is 10.3. The summed E-state index contributed by atoms with van der Waals surface area (Å²) in [6.45, 7) is 10.7. The number of rotatable bonds is 7. The Hall–Kier alpha value is -1.16. The molecule has 0 atom stereocenters. The number of hydrogen-bond acceptors (Lipinski definition) is 4. The van der Waals surface area contributed by atoms with Gasteiger partial charge in [-0.15, -0.1) is 0 Å². The Morgan fingerprint density at radius 3 is 2.56 bits per heavy atom. The van der Waals surface area contributed by atoms with Gasteiger partial charge < -0.3 is 10.2 Å². The van der Waals surface area contributed by atoms with Gasteiger partial charge in [0.05, 0.1) is 0 Å². The fraction of sp³-hybridized carbons (Fsp3) is 0.667. The zero-order valence-corrected chi connectivity index (χ0v) is 10.5. The van der Waals surface area contributed by atoms with Gasteiger partial charge in [-0.25, -0.2) is 9.97 Å². The summed E-state index contributed by atoms with van der Waals surface area (Å²) >= 11 is 0. The topological polar surface area (TPSA) is 41.0 Å². The second-order valence-corrected chi connectivity index (χ2v) is 3.70. The van der Waals surface area contributed by atoms with Crippen LogP contribution in [0.3, 0.4) is 0 Å². The van der Waals surface area contributed by atoms with Crippen molar-refractivity contribution in [3.05, 3.63) is 18.1 Å². The van der Waals surface area contributed by atoms with Gasteiger partial charge in [0.25, 0.3) is 0 Å². The van der Waals surface area contributed by atoms with Crippen LogP contribution in [0.15, 0.2) is 12.4 Å². The molecule has 16 heavy (non-hydrogen) atoms. The lowest BCUT2D eigenvalue weighted by Gasteiger charge is -2.18. The van der Waals surface area contributed by atoms with Crippen molar-refractivity contribution in [2.24, 2.45) is 0 Å². The van der Waals surface area contributed by atoms with Crippen LogP contribution in [-0.2, 0) is 6.42 Å². The van der Waals surface area contributed by atoms with Gasteiger partial charge in [-0.05, 0) is 19.5 Å². The second-order valence-electron chi connectivity index (χ2n) is 3.70. The van der Waals surface area contributed by atoms with Gasteiger partial charge in [-0.3, -0.25) is 0 Å². The van der Waals surface area contributed by atoms with Gasteiger partial charge in [0.1, 0.15) is 12.1 Å². The number of anilines is 1. The first kappa shape index (κ1) is 12.9. The van der Waals surface area contributed by atoms with Crippen molar-refractivity contribution in [2.45, 2.75) is 27.2 Å². The Kier molecular flexibility index (Phi) is 5.78. The minimum Gasteiger partial charge on any atom is -0.369 e. The third kappa shape index (κ3) is 4.14. The molecule has 1 rings (SSSR count). The van der Waals surface area contributed by atoms with Crippen molar-refractivity contribution < 1.29 is 0 Å².